The highest BCUT2D eigenvalue weighted by atomic mass is 16.3. The molecule has 0 aliphatic carbocycles. The number of aliphatic hydroxyl groups is 1. The van der Waals surface area contributed by atoms with Gasteiger partial charge in [-0.15, -0.1) is 0 Å². The average molecular weight is 333 g/mol. The third-order valence-electron chi connectivity index (χ3n) is 4.42. The van der Waals surface area contributed by atoms with Crippen molar-refractivity contribution in [1.29, 1.82) is 0 Å². The fraction of sp³-hybridized carbons (Fsp3) is 0.556. The summed E-state index contributed by atoms with van der Waals surface area (Å²) < 4.78 is 5.46. The molecule has 24 heavy (non-hydrogen) atoms. The number of carbonyl (C=O) groups is 1. The van der Waals surface area contributed by atoms with Crippen LogP contribution in [0.4, 0.5) is 0 Å². The minimum Gasteiger partial charge on any atom is -0.466 e. The highest BCUT2D eigenvalue weighted by Crippen LogP contribution is 2.27. The molecule has 0 saturated carbocycles. The molecule has 2 aromatic heterocycles. The Morgan fingerprint density at radius 2 is 2.08 bits per heavy atom. The van der Waals surface area contributed by atoms with E-state index < -0.39 is 5.60 Å². The van der Waals surface area contributed by atoms with E-state index in [0.717, 1.165) is 22.7 Å². The maximum atomic E-state index is 12.3. The Hall–Kier alpha value is -2.08. The number of hydrogen-bond acceptors (Lipinski definition) is 4. The number of aromatic nitrogens is 2. The van der Waals surface area contributed by atoms with Crippen LogP contribution in [0.15, 0.2) is 10.5 Å². The van der Waals surface area contributed by atoms with Crippen LogP contribution in [0.1, 0.15) is 60.2 Å². The maximum absolute atomic E-state index is 12.3. The van der Waals surface area contributed by atoms with E-state index in [0.29, 0.717) is 17.7 Å². The summed E-state index contributed by atoms with van der Waals surface area (Å²) in [4.78, 5) is 12.3. The van der Waals surface area contributed by atoms with Gasteiger partial charge in [0, 0.05) is 17.7 Å². The quantitative estimate of drug-likeness (QED) is 0.758. The van der Waals surface area contributed by atoms with Crippen LogP contribution < -0.4 is 5.32 Å². The van der Waals surface area contributed by atoms with E-state index in [9.17, 15) is 9.90 Å². The Balaban J connectivity index is 1.96. The Morgan fingerprint density at radius 1 is 1.42 bits per heavy atom. The van der Waals surface area contributed by atoms with Gasteiger partial charge in [-0.05, 0) is 52.2 Å². The van der Waals surface area contributed by atoms with Crippen molar-refractivity contribution < 1.29 is 14.3 Å². The molecule has 2 unspecified atom stereocenters. The zero-order chi connectivity index (χ0) is 18.1. The lowest BCUT2D eigenvalue weighted by Gasteiger charge is -2.23. The first-order chi connectivity index (χ1) is 11.1. The number of furan rings is 1. The second kappa shape index (κ2) is 6.81. The van der Waals surface area contributed by atoms with Gasteiger partial charge < -0.3 is 14.8 Å². The molecule has 6 nitrogen and oxygen atoms in total. The molecule has 2 rings (SSSR count). The van der Waals surface area contributed by atoms with Crippen molar-refractivity contribution in [3.63, 3.8) is 0 Å². The van der Waals surface area contributed by atoms with E-state index in [2.05, 4.69) is 15.5 Å². The van der Waals surface area contributed by atoms with Gasteiger partial charge in [-0.25, -0.2) is 0 Å². The lowest BCUT2D eigenvalue weighted by Crippen LogP contribution is -2.39. The van der Waals surface area contributed by atoms with E-state index in [1.54, 1.807) is 6.92 Å². The van der Waals surface area contributed by atoms with Gasteiger partial charge in [-0.1, -0.05) is 6.92 Å². The molecule has 2 atom stereocenters. The molecule has 1 amide bonds. The smallest absolute Gasteiger partial charge is 0.220 e. The summed E-state index contributed by atoms with van der Waals surface area (Å²) in [6, 6.07) is 1.81. The highest BCUT2D eigenvalue weighted by Gasteiger charge is 2.28. The van der Waals surface area contributed by atoms with Gasteiger partial charge in [-0.2, -0.15) is 5.10 Å². The Morgan fingerprint density at radius 3 is 2.58 bits per heavy atom. The van der Waals surface area contributed by atoms with Crippen LogP contribution in [-0.4, -0.2) is 27.8 Å². The first-order valence-corrected chi connectivity index (χ1v) is 8.20. The van der Waals surface area contributed by atoms with E-state index in [4.69, 9.17) is 4.42 Å². The van der Waals surface area contributed by atoms with Crippen LogP contribution in [0.25, 0.3) is 0 Å². The second-order valence-corrected chi connectivity index (χ2v) is 6.83. The molecule has 0 aliphatic heterocycles. The molecular formula is C18H27N3O3. The fourth-order valence-electron chi connectivity index (χ4n) is 3.27. The molecule has 132 valence electrons. The summed E-state index contributed by atoms with van der Waals surface area (Å²) in [6.07, 6.45) is 0.348. The van der Waals surface area contributed by atoms with Crippen molar-refractivity contribution in [1.82, 2.24) is 15.5 Å². The SMILES string of the molecule is Cc1cc(C(C)(O)CNC(=O)CC(C)c2c(C)n[nH]c2C)c(C)o1. The van der Waals surface area contributed by atoms with E-state index in [1.807, 2.05) is 40.7 Å². The van der Waals surface area contributed by atoms with Crippen molar-refractivity contribution in [3.8, 4) is 0 Å². The first-order valence-electron chi connectivity index (χ1n) is 8.20. The van der Waals surface area contributed by atoms with Crippen molar-refractivity contribution in [2.24, 2.45) is 0 Å². The van der Waals surface area contributed by atoms with Gasteiger partial charge in [0.15, 0.2) is 0 Å². The number of hydrogen-bond donors (Lipinski definition) is 3. The zero-order valence-electron chi connectivity index (χ0n) is 15.3. The highest BCUT2D eigenvalue weighted by molar-refractivity contribution is 5.77. The lowest BCUT2D eigenvalue weighted by molar-refractivity contribution is -0.122. The summed E-state index contributed by atoms with van der Waals surface area (Å²) in [5.74, 6) is 1.38. The van der Waals surface area contributed by atoms with Crippen LogP contribution in [0, 0.1) is 27.7 Å². The third-order valence-corrected chi connectivity index (χ3v) is 4.42. The Kier molecular flexibility index (Phi) is 5.18. The number of aromatic amines is 1. The predicted molar refractivity (Wildman–Crippen MR) is 91.9 cm³/mol. The summed E-state index contributed by atoms with van der Waals surface area (Å²) in [6.45, 7) is 11.4. The number of nitrogens with zero attached hydrogens (tertiary/aromatic N) is 1. The summed E-state index contributed by atoms with van der Waals surface area (Å²) in [7, 11) is 0. The van der Waals surface area contributed by atoms with Gasteiger partial charge in [0.1, 0.15) is 17.1 Å². The summed E-state index contributed by atoms with van der Waals surface area (Å²) >= 11 is 0. The van der Waals surface area contributed by atoms with E-state index >= 15 is 0 Å². The van der Waals surface area contributed by atoms with Crippen molar-refractivity contribution in [2.45, 2.75) is 59.5 Å². The Labute approximate surface area is 142 Å². The molecular weight excluding hydrogens is 306 g/mol. The molecule has 2 aromatic rings. The van der Waals surface area contributed by atoms with Crippen molar-refractivity contribution in [2.75, 3.05) is 6.54 Å². The third kappa shape index (κ3) is 3.87. The molecule has 0 bridgehead atoms. The number of aryl methyl sites for hydroxylation is 4. The molecule has 6 heteroatoms. The van der Waals surface area contributed by atoms with Gasteiger partial charge in [0.2, 0.25) is 5.91 Å². The van der Waals surface area contributed by atoms with Crippen LogP contribution in [0.2, 0.25) is 0 Å². The molecule has 0 saturated heterocycles. The second-order valence-electron chi connectivity index (χ2n) is 6.83. The molecule has 0 fully saturated rings. The van der Waals surface area contributed by atoms with Crippen LogP contribution in [0.3, 0.4) is 0 Å². The van der Waals surface area contributed by atoms with Crippen molar-refractivity contribution in [3.05, 3.63) is 40.1 Å². The first kappa shape index (κ1) is 18.3. The number of amides is 1. The normalized spacial score (nSPS) is 15.1. The molecule has 0 aromatic carbocycles. The average Bonchev–Trinajstić information content (AvgIpc) is 2.99. The van der Waals surface area contributed by atoms with E-state index in [1.165, 1.54) is 0 Å². The van der Waals surface area contributed by atoms with Gasteiger partial charge >= 0.3 is 0 Å². The molecule has 0 aliphatic rings. The topological polar surface area (TPSA) is 91.1 Å². The molecule has 2 heterocycles. The summed E-state index contributed by atoms with van der Waals surface area (Å²) in [5, 5.41) is 20.6. The molecule has 3 N–H and O–H groups in total. The molecule has 0 spiro atoms. The minimum absolute atomic E-state index is 0.0617. The maximum Gasteiger partial charge on any atom is 0.220 e. The standard InChI is InChI=1S/C18H27N3O3/c1-10(17-12(3)20-21-13(17)4)7-16(22)19-9-18(6,23)15-8-11(2)24-14(15)5/h8,10,23H,7,9H2,1-6H3,(H,19,22)(H,20,21). The number of rotatable bonds is 6. The Bertz CT molecular complexity index is 708. The van der Waals surface area contributed by atoms with Crippen LogP contribution >= 0.6 is 0 Å². The largest absolute Gasteiger partial charge is 0.466 e. The van der Waals surface area contributed by atoms with Gasteiger partial charge in [0.05, 0.1) is 12.2 Å². The predicted octanol–water partition coefficient (Wildman–Crippen LogP) is 2.75. The number of nitrogens with one attached hydrogen (secondary N) is 2. The number of carbonyl (C=O) groups excluding carboxylic acids is 1. The summed E-state index contributed by atoms with van der Waals surface area (Å²) in [5.41, 5.74) is 2.53. The van der Waals surface area contributed by atoms with Crippen molar-refractivity contribution >= 4 is 5.91 Å². The van der Waals surface area contributed by atoms with Gasteiger partial charge in [-0.3, -0.25) is 9.89 Å². The minimum atomic E-state index is -1.16. The fourth-order valence-corrected chi connectivity index (χ4v) is 3.27. The van der Waals surface area contributed by atoms with Crippen LogP contribution in [0.5, 0.6) is 0 Å². The lowest BCUT2D eigenvalue weighted by atomic mass is 9.94. The zero-order valence-corrected chi connectivity index (χ0v) is 15.3. The van der Waals surface area contributed by atoms with Gasteiger partial charge in [0.25, 0.3) is 0 Å². The van der Waals surface area contributed by atoms with E-state index in [-0.39, 0.29) is 18.4 Å². The molecule has 0 radical (unpaired) electrons. The number of H-pyrrole nitrogens is 1. The van der Waals surface area contributed by atoms with Crippen LogP contribution in [-0.2, 0) is 10.4 Å². The monoisotopic (exact) mass is 333 g/mol.